The van der Waals surface area contributed by atoms with E-state index in [9.17, 15) is 28.8 Å². The minimum Gasteiger partial charge on any atom is -0.379 e. The van der Waals surface area contributed by atoms with Crippen molar-refractivity contribution in [3.63, 3.8) is 0 Å². The van der Waals surface area contributed by atoms with Crippen LogP contribution in [0.5, 0.6) is 0 Å². The summed E-state index contributed by atoms with van der Waals surface area (Å²) in [5, 5.41) is 18.0. The molecular weight excluding hydrogens is 953 g/mol. The molecule has 4 fully saturated rings. The minimum absolute atomic E-state index is 0.153. The smallest absolute Gasteiger partial charge is 0.246 e. The lowest BCUT2D eigenvalue weighted by molar-refractivity contribution is -0.144. The number of nitrogens with zero attached hydrogens (tertiary/aromatic N) is 2. The van der Waals surface area contributed by atoms with Crippen LogP contribution in [-0.2, 0) is 38.2 Å². The van der Waals surface area contributed by atoms with E-state index in [0.29, 0.717) is 63.6 Å². The van der Waals surface area contributed by atoms with Gasteiger partial charge in [0.15, 0.2) is 0 Å². The molecule has 18 heteroatoms. The number of carbonyl (C=O) groups is 6. The fraction of sp³-hybridized carbons (Fsp3) is 0.667. The van der Waals surface area contributed by atoms with Crippen molar-refractivity contribution in [1.82, 2.24) is 41.7 Å². The molecule has 398 valence electrons. The zero-order valence-corrected chi connectivity index (χ0v) is 45.5. The summed E-state index contributed by atoms with van der Waals surface area (Å²) in [6.07, 6.45) is 8.23. The second-order valence-electron chi connectivity index (χ2n) is 21.3. The van der Waals surface area contributed by atoms with Gasteiger partial charge in [0.05, 0.1) is 48.1 Å². The molecule has 0 aromatic heterocycles. The predicted molar refractivity (Wildman–Crippen MR) is 285 cm³/mol. The number of benzene rings is 2. The van der Waals surface area contributed by atoms with Crippen LogP contribution >= 0.6 is 23.5 Å². The van der Waals surface area contributed by atoms with E-state index in [1.165, 1.54) is 0 Å². The molecule has 4 aliphatic rings. The van der Waals surface area contributed by atoms with Gasteiger partial charge in [-0.05, 0) is 99.9 Å². The Balaban J connectivity index is 0.936. The number of carbonyl (C=O) groups excluding carboxylic acids is 6. The number of fused-ring (bicyclic) bond motifs is 2. The molecule has 6 amide bonds. The van der Waals surface area contributed by atoms with Crippen LogP contribution in [0.15, 0.2) is 60.7 Å². The highest BCUT2D eigenvalue weighted by molar-refractivity contribution is 8.00. The number of amides is 6. The van der Waals surface area contributed by atoms with Gasteiger partial charge in [0.1, 0.15) is 24.2 Å². The molecule has 6 rings (SSSR count). The summed E-state index contributed by atoms with van der Waals surface area (Å²) in [6, 6.07) is 15.1. The molecule has 0 bridgehead atoms. The van der Waals surface area contributed by atoms with Crippen molar-refractivity contribution in [3.8, 4) is 0 Å². The molecule has 2 aromatic carbocycles. The van der Waals surface area contributed by atoms with Gasteiger partial charge in [0.2, 0.25) is 35.4 Å². The minimum atomic E-state index is -0.705. The fourth-order valence-electron chi connectivity index (χ4n) is 10.4. The molecule has 4 saturated heterocycles. The van der Waals surface area contributed by atoms with E-state index in [-0.39, 0.29) is 46.2 Å². The number of ether oxygens (including phenoxy) is 2. The summed E-state index contributed by atoms with van der Waals surface area (Å²) in [7, 11) is 3.41. The number of likely N-dealkylation sites (N-methyl/N-ethyl adjacent to an activating group) is 2. The second kappa shape index (κ2) is 26.8. The number of hydrogen-bond donors (Lipinski definition) is 6. The lowest BCUT2D eigenvalue weighted by Crippen LogP contribution is -2.58. The third kappa shape index (κ3) is 14.8. The van der Waals surface area contributed by atoms with E-state index in [1.807, 2.05) is 88.4 Å². The van der Waals surface area contributed by atoms with Gasteiger partial charge < -0.3 is 51.2 Å². The molecular formula is C54H82N8O8S2. The highest BCUT2D eigenvalue weighted by Gasteiger charge is 2.56. The molecule has 0 spiro atoms. The Morgan fingerprint density at radius 1 is 0.597 bits per heavy atom. The van der Waals surface area contributed by atoms with E-state index in [0.717, 1.165) is 49.7 Å². The quantitative estimate of drug-likeness (QED) is 0.0690. The van der Waals surface area contributed by atoms with Crippen LogP contribution in [0.3, 0.4) is 0 Å². The van der Waals surface area contributed by atoms with Gasteiger partial charge in [0, 0.05) is 13.2 Å². The number of nitrogens with one attached hydrogen (secondary N) is 6. The maximum absolute atomic E-state index is 14.4. The Labute approximate surface area is 436 Å². The molecule has 0 radical (unpaired) electrons. The van der Waals surface area contributed by atoms with Gasteiger partial charge >= 0.3 is 0 Å². The highest BCUT2D eigenvalue weighted by Crippen LogP contribution is 2.48. The van der Waals surface area contributed by atoms with Crippen molar-refractivity contribution < 1.29 is 38.2 Å². The van der Waals surface area contributed by atoms with Crippen LogP contribution in [0, 0.1) is 10.8 Å². The second-order valence-corrected chi connectivity index (χ2v) is 23.8. The van der Waals surface area contributed by atoms with Crippen LogP contribution in [0.25, 0.3) is 0 Å². The van der Waals surface area contributed by atoms with Gasteiger partial charge in [-0.25, -0.2) is 0 Å². The van der Waals surface area contributed by atoms with Crippen LogP contribution in [0.1, 0.15) is 129 Å². The average molecular weight is 1040 g/mol. The third-order valence-corrected chi connectivity index (χ3v) is 17.3. The Kier molecular flexibility index (Phi) is 21.3. The van der Waals surface area contributed by atoms with Crippen molar-refractivity contribution in [1.29, 1.82) is 0 Å². The standard InChI is InChI=1S/C54H82N8O8S2/c1-35(55-7)47(63)57-39-25-29-71-43-31-53(3,4)45(61(43)51(39)67)49(65)59-41(37-21-15-13-16-22-37)33-69-27-19-11-9-10-12-20-28-70-34-42(38-23-17-14-18-24-38)60-50(66)46-54(5,6)32-44-62(46)52(68)40(26-30-72-44)58-48(64)36(2)56-8/h13-18,21-24,35-36,39-46,55-56H,9-12,19-20,25-34H2,1-8H3,(H,57,63)(H,58,64)(H,59,65)(H,60,66)/t35?,36?,39-,40-,41?,42?,43-,44-,45+,46+/m0/s1. The molecule has 10 atom stereocenters. The largest absolute Gasteiger partial charge is 0.379 e. The van der Waals surface area contributed by atoms with Crippen molar-refractivity contribution >= 4 is 59.0 Å². The molecule has 4 unspecified atom stereocenters. The van der Waals surface area contributed by atoms with Crippen molar-refractivity contribution in [2.24, 2.45) is 10.8 Å². The molecule has 0 saturated carbocycles. The fourth-order valence-corrected chi connectivity index (χ4v) is 13.5. The number of rotatable bonds is 25. The summed E-state index contributed by atoms with van der Waals surface area (Å²) in [5.74, 6) is 0.0715. The first-order chi connectivity index (χ1) is 34.5. The van der Waals surface area contributed by atoms with E-state index < -0.39 is 59.2 Å². The van der Waals surface area contributed by atoms with Crippen LogP contribution in [0.4, 0.5) is 0 Å². The maximum Gasteiger partial charge on any atom is 0.246 e. The van der Waals surface area contributed by atoms with Crippen molar-refractivity contribution in [2.45, 2.75) is 165 Å². The molecule has 72 heavy (non-hydrogen) atoms. The summed E-state index contributed by atoms with van der Waals surface area (Å²) in [5.41, 5.74) is 0.892. The van der Waals surface area contributed by atoms with E-state index in [1.54, 1.807) is 61.3 Å². The zero-order valence-electron chi connectivity index (χ0n) is 43.8. The maximum atomic E-state index is 14.4. The molecule has 4 heterocycles. The van der Waals surface area contributed by atoms with Gasteiger partial charge in [-0.2, -0.15) is 0 Å². The molecule has 6 N–H and O–H groups in total. The normalized spacial score (nSPS) is 25.2. The summed E-state index contributed by atoms with van der Waals surface area (Å²) >= 11 is 3.36. The first kappa shape index (κ1) is 57.1. The average Bonchev–Trinajstić information content (AvgIpc) is 3.68. The topological polar surface area (TPSA) is 200 Å². The lowest BCUT2D eigenvalue weighted by Gasteiger charge is -2.35. The third-order valence-electron chi connectivity index (χ3n) is 14.8. The van der Waals surface area contributed by atoms with Gasteiger partial charge in [0.25, 0.3) is 0 Å². The van der Waals surface area contributed by atoms with Crippen LogP contribution in [0.2, 0.25) is 0 Å². The summed E-state index contributed by atoms with van der Waals surface area (Å²) < 4.78 is 12.4. The Hall–Kier alpha value is -4.20. The first-order valence-corrected chi connectivity index (χ1v) is 28.3. The van der Waals surface area contributed by atoms with E-state index in [2.05, 4.69) is 31.9 Å². The number of thioether (sulfide) groups is 2. The Morgan fingerprint density at radius 3 is 1.32 bits per heavy atom. The van der Waals surface area contributed by atoms with E-state index >= 15 is 0 Å². The molecule has 2 aromatic rings. The first-order valence-electron chi connectivity index (χ1n) is 26.2. The zero-order chi connectivity index (χ0) is 52.0. The van der Waals surface area contributed by atoms with Gasteiger partial charge in [-0.1, -0.05) is 114 Å². The van der Waals surface area contributed by atoms with Crippen LogP contribution in [-0.4, -0.2) is 144 Å². The monoisotopic (exact) mass is 1030 g/mol. The Bertz CT molecular complexity index is 1970. The molecule has 0 aliphatic carbocycles. The highest BCUT2D eigenvalue weighted by atomic mass is 32.2. The molecule has 16 nitrogen and oxygen atoms in total. The van der Waals surface area contributed by atoms with Gasteiger partial charge in [-0.3, -0.25) is 28.8 Å². The number of unbranched alkanes of at least 4 members (excludes halogenated alkanes) is 5. The van der Waals surface area contributed by atoms with Gasteiger partial charge in [-0.15, -0.1) is 23.5 Å². The summed E-state index contributed by atoms with van der Waals surface area (Å²) in [6.45, 7) is 13.4. The van der Waals surface area contributed by atoms with Crippen molar-refractivity contribution in [3.05, 3.63) is 71.8 Å². The predicted octanol–water partition coefficient (Wildman–Crippen LogP) is 5.44. The Morgan fingerprint density at radius 2 is 0.958 bits per heavy atom. The lowest BCUT2D eigenvalue weighted by atomic mass is 9.83. The van der Waals surface area contributed by atoms with Crippen molar-refractivity contribution in [2.75, 3.05) is 52.0 Å². The van der Waals surface area contributed by atoms with E-state index in [4.69, 9.17) is 9.47 Å². The molecule has 4 aliphatic heterocycles. The summed E-state index contributed by atoms with van der Waals surface area (Å²) in [4.78, 5) is 86.0. The SMILES string of the molecule is CNC(C)C(=O)N[C@H]1CCS[C@H]2CC(C)(C)[C@@H](C(=O)NC(COCCCCCCCCOCC(NC(=O)[C@H]3N4C(=O)[C@@H](NC(=O)C(C)NC)CCS[C@H]4CC3(C)C)c3ccccc3)c3ccccc3)N2C1=O. The number of hydrogen-bond acceptors (Lipinski definition) is 12. The van der Waals surface area contributed by atoms with Crippen LogP contribution < -0.4 is 31.9 Å².